The van der Waals surface area contributed by atoms with Crippen LogP contribution in [0.2, 0.25) is 0 Å². The van der Waals surface area contributed by atoms with E-state index in [0.717, 1.165) is 33.4 Å². The number of benzene rings is 3. The second-order valence-electron chi connectivity index (χ2n) is 6.27. The first-order valence-electron chi connectivity index (χ1n) is 9.04. The van der Waals surface area contributed by atoms with Crippen molar-refractivity contribution in [1.29, 1.82) is 0 Å². The van der Waals surface area contributed by atoms with Crippen LogP contribution in [0.25, 0.3) is 22.2 Å². The Labute approximate surface area is 167 Å². The fourth-order valence-corrected chi connectivity index (χ4v) is 3.49. The van der Waals surface area contributed by atoms with E-state index in [2.05, 4.69) is 10.2 Å². The number of para-hydroxylation sites is 1. The summed E-state index contributed by atoms with van der Waals surface area (Å²) in [5.41, 5.74) is 1.79. The zero-order valence-corrected chi connectivity index (χ0v) is 16.1. The minimum absolute atomic E-state index is 0.0404. The highest BCUT2D eigenvalue weighted by Gasteiger charge is 2.09. The third-order valence-electron chi connectivity index (χ3n) is 4.27. The molecule has 0 fully saturated rings. The standard InChI is InChI=1S/C22H20N2O3S/c25-14-16-6-7-18-13-19(9-8-17(18)12-16)22-24-23-21(27-22)15-28-11-10-26-20-4-2-1-3-5-20/h1-9,12-13,25H,10-11,14-15H2. The molecule has 0 bridgehead atoms. The quantitative estimate of drug-likeness (QED) is 0.439. The van der Waals surface area contributed by atoms with Crippen molar-refractivity contribution in [3.05, 3.63) is 78.2 Å². The maximum absolute atomic E-state index is 9.25. The number of aromatic nitrogens is 2. The molecular formula is C22H20N2O3S. The largest absolute Gasteiger partial charge is 0.493 e. The van der Waals surface area contributed by atoms with Crippen molar-refractivity contribution in [1.82, 2.24) is 10.2 Å². The van der Waals surface area contributed by atoms with E-state index in [1.807, 2.05) is 66.7 Å². The van der Waals surface area contributed by atoms with Crippen LogP contribution in [0.5, 0.6) is 5.75 Å². The van der Waals surface area contributed by atoms with Crippen LogP contribution >= 0.6 is 11.8 Å². The Bertz CT molecular complexity index is 1050. The molecule has 0 radical (unpaired) electrons. The predicted molar refractivity (Wildman–Crippen MR) is 111 cm³/mol. The minimum Gasteiger partial charge on any atom is -0.493 e. The molecule has 0 atom stereocenters. The van der Waals surface area contributed by atoms with Crippen LogP contribution in [-0.2, 0) is 12.4 Å². The van der Waals surface area contributed by atoms with Crippen molar-refractivity contribution < 1.29 is 14.3 Å². The Hall–Kier alpha value is -2.83. The lowest BCUT2D eigenvalue weighted by molar-refractivity contribution is 0.282. The topological polar surface area (TPSA) is 68.4 Å². The van der Waals surface area contributed by atoms with Crippen molar-refractivity contribution >= 4 is 22.5 Å². The predicted octanol–water partition coefficient (Wildman–Crippen LogP) is 4.69. The van der Waals surface area contributed by atoms with Gasteiger partial charge in [0, 0.05) is 11.3 Å². The molecule has 0 saturated carbocycles. The second-order valence-corrected chi connectivity index (χ2v) is 7.37. The highest BCUT2D eigenvalue weighted by atomic mass is 32.2. The zero-order valence-electron chi connectivity index (χ0n) is 15.2. The molecule has 3 aromatic carbocycles. The fraction of sp³-hybridized carbons (Fsp3) is 0.182. The number of hydrogen-bond donors (Lipinski definition) is 1. The first kappa shape index (κ1) is 18.5. The highest BCUT2D eigenvalue weighted by Crippen LogP contribution is 2.25. The number of ether oxygens (including phenoxy) is 1. The van der Waals surface area contributed by atoms with Gasteiger partial charge in [0.15, 0.2) is 0 Å². The van der Waals surface area contributed by atoms with Crippen molar-refractivity contribution in [2.24, 2.45) is 0 Å². The Morgan fingerprint density at radius 1 is 0.929 bits per heavy atom. The fourth-order valence-electron chi connectivity index (χ4n) is 2.85. The third-order valence-corrected chi connectivity index (χ3v) is 5.17. The summed E-state index contributed by atoms with van der Waals surface area (Å²) in [5, 5.41) is 19.7. The van der Waals surface area contributed by atoms with E-state index in [-0.39, 0.29) is 6.61 Å². The molecule has 4 aromatic rings. The van der Waals surface area contributed by atoms with Crippen LogP contribution < -0.4 is 4.74 Å². The van der Waals surface area contributed by atoms with Crippen LogP contribution in [0.4, 0.5) is 0 Å². The number of rotatable bonds is 8. The van der Waals surface area contributed by atoms with E-state index < -0.39 is 0 Å². The molecule has 0 amide bonds. The third kappa shape index (κ3) is 4.52. The number of fused-ring (bicyclic) bond motifs is 1. The van der Waals surface area contributed by atoms with Crippen LogP contribution in [0.1, 0.15) is 11.5 Å². The molecule has 0 aliphatic heterocycles. The Morgan fingerprint density at radius 3 is 2.61 bits per heavy atom. The van der Waals surface area contributed by atoms with Gasteiger partial charge in [0.1, 0.15) is 5.75 Å². The highest BCUT2D eigenvalue weighted by molar-refractivity contribution is 7.98. The maximum Gasteiger partial charge on any atom is 0.247 e. The molecule has 0 aliphatic rings. The van der Waals surface area contributed by atoms with Gasteiger partial charge in [0.2, 0.25) is 11.8 Å². The van der Waals surface area contributed by atoms with Gasteiger partial charge < -0.3 is 14.3 Å². The lowest BCUT2D eigenvalue weighted by atomic mass is 10.0. The van der Waals surface area contributed by atoms with Gasteiger partial charge in [-0.15, -0.1) is 22.0 Å². The average Bonchev–Trinajstić information content (AvgIpc) is 3.22. The van der Waals surface area contributed by atoms with Crippen molar-refractivity contribution in [2.75, 3.05) is 12.4 Å². The van der Waals surface area contributed by atoms with Gasteiger partial charge >= 0.3 is 0 Å². The van der Waals surface area contributed by atoms with E-state index in [4.69, 9.17) is 9.15 Å². The first-order valence-corrected chi connectivity index (χ1v) is 10.2. The molecule has 28 heavy (non-hydrogen) atoms. The van der Waals surface area contributed by atoms with E-state index in [1.165, 1.54) is 0 Å². The van der Waals surface area contributed by atoms with Crippen molar-refractivity contribution in [3.63, 3.8) is 0 Å². The van der Waals surface area contributed by atoms with Crippen LogP contribution in [0, 0.1) is 0 Å². The summed E-state index contributed by atoms with van der Waals surface area (Å²) in [5.74, 6) is 3.50. The van der Waals surface area contributed by atoms with Gasteiger partial charge in [-0.25, -0.2) is 0 Å². The molecule has 4 rings (SSSR count). The molecule has 142 valence electrons. The van der Waals surface area contributed by atoms with E-state index in [1.54, 1.807) is 11.8 Å². The molecule has 0 aliphatic carbocycles. The van der Waals surface area contributed by atoms with Crippen LogP contribution in [-0.4, -0.2) is 27.7 Å². The van der Waals surface area contributed by atoms with E-state index in [0.29, 0.717) is 24.1 Å². The van der Waals surface area contributed by atoms with Gasteiger partial charge in [-0.2, -0.15) is 0 Å². The summed E-state index contributed by atoms with van der Waals surface area (Å²) >= 11 is 1.70. The number of nitrogens with zero attached hydrogens (tertiary/aromatic N) is 2. The summed E-state index contributed by atoms with van der Waals surface area (Å²) in [6.45, 7) is 0.676. The summed E-state index contributed by atoms with van der Waals surface area (Å²) in [6, 6.07) is 21.7. The summed E-state index contributed by atoms with van der Waals surface area (Å²) in [6.07, 6.45) is 0. The van der Waals surface area contributed by atoms with Gasteiger partial charge in [-0.1, -0.05) is 36.4 Å². The molecular weight excluding hydrogens is 372 g/mol. The molecule has 1 heterocycles. The summed E-state index contributed by atoms with van der Waals surface area (Å²) in [4.78, 5) is 0. The van der Waals surface area contributed by atoms with Gasteiger partial charge in [-0.05, 0) is 46.7 Å². The molecule has 0 saturated heterocycles. The molecule has 6 heteroatoms. The number of thioether (sulfide) groups is 1. The van der Waals surface area contributed by atoms with E-state index >= 15 is 0 Å². The molecule has 0 unspecified atom stereocenters. The minimum atomic E-state index is 0.0404. The summed E-state index contributed by atoms with van der Waals surface area (Å²) in [7, 11) is 0. The first-order chi connectivity index (χ1) is 13.8. The van der Waals surface area contributed by atoms with Crippen molar-refractivity contribution in [3.8, 4) is 17.2 Å². The second kappa shape index (κ2) is 8.91. The lowest BCUT2D eigenvalue weighted by Gasteiger charge is -2.04. The normalized spacial score (nSPS) is 11.0. The Kier molecular flexibility index (Phi) is 5.89. The van der Waals surface area contributed by atoms with Crippen LogP contribution in [0.15, 0.2) is 71.1 Å². The lowest BCUT2D eigenvalue weighted by Crippen LogP contribution is -2.00. The summed E-state index contributed by atoms with van der Waals surface area (Å²) < 4.78 is 11.5. The average molecular weight is 392 g/mol. The molecule has 5 nitrogen and oxygen atoms in total. The zero-order chi connectivity index (χ0) is 19.2. The van der Waals surface area contributed by atoms with Gasteiger partial charge in [-0.3, -0.25) is 0 Å². The number of hydrogen-bond acceptors (Lipinski definition) is 6. The SMILES string of the molecule is OCc1ccc2cc(-c3nnc(CSCCOc4ccccc4)o3)ccc2c1. The van der Waals surface area contributed by atoms with Gasteiger partial charge in [0.05, 0.1) is 19.0 Å². The van der Waals surface area contributed by atoms with Crippen molar-refractivity contribution in [2.45, 2.75) is 12.4 Å². The monoisotopic (exact) mass is 392 g/mol. The Morgan fingerprint density at radius 2 is 1.75 bits per heavy atom. The number of aliphatic hydroxyl groups is 1. The van der Waals surface area contributed by atoms with E-state index in [9.17, 15) is 5.11 Å². The molecule has 0 spiro atoms. The maximum atomic E-state index is 9.25. The smallest absolute Gasteiger partial charge is 0.247 e. The van der Waals surface area contributed by atoms with Gasteiger partial charge in [0.25, 0.3) is 0 Å². The molecule has 1 aromatic heterocycles. The molecule has 1 N–H and O–H groups in total. The Balaban J connectivity index is 1.33. The van der Waals surface area contributed by atoms with Crippen LogP contribution in [0.3, 0.4) is 0 Å². The number of aliphatic hydroxyl groups excluding tert-OH is 1.